The molecule has 8 nitrogen and oxygen atoms in total. The number of aryl methyl sites for hydroxylation is 1. The molecule has 8 heteroatoms. The first-order valence-electron chi connectivity index (χ1n) is 5.05. The lowest BCUT2D eigenvalue weighted by molar-refractivity contribution is -0.394. The summed E-state index contributed by atoms with van der Waals surface area (Å²) in [5.74, 6) is -0.987. The van der Waals surface area contributed by atoms with E-state index in [9.17, 15) is 25.0 Å². The Bertz CT molecular complexity index is 499. The number of rotatable bonds is 6. The first-order chi connectivity index (χ1) is 8.41. The number of carboxylic acid groups (broad SMARTS) is 1. The number of aliphatic carboxylic acids is 1. The van der Waals surface area contributed by atoms with Crippen molar-refractivity contribution in [2.75, 3.05) is 0 Å². The molecule has 0 aliphatic rings. The zero-order valence-corrected chi connectivity index (χ0v) is 9.24. The number of nitro groups is 2. The van der Waals surface area contributed by atoms with Crippen LogP contribution in [0.5, 0.6) is 0 Å². The molecule has 0 fully saturated rings. The summed E-state index contributed by atoms with van der Waals surface area (Å²) in [6, 6.07) is 3.34. The predicted octanol–water partition coefficient (Wildman–Crippen LogP) is 1.91. The standard InChI is InChI=1S/C10H10N2O6/c13-10(14)3-1-2-7-4-5-8(11(15)16)6-9(7)12(17)18/h4-6H,1-3H2,(H,13,14). The van der Waals surface area contributed by atoms with E-state index in [-0.39, 0.29) is 30.6 Å². The Morgan fingerprint density at radius 1 is 1.22 bits per heavy atom. The lowest BCUT2D eigenvalue weighted by Crippen LogP contribution is -2.00. The van der Waals surface area contributed by atoms with Gasteiger partial charge in [0, 0.05) is 18.1 Å². The molecule has 0 saturated heterocycles. The van der Waals surface area contributed by atoms with E-state index in [1.165, 1.54) is 12.1 Å². The molecule has 0 radical (unpaired) electrons. The van der Waals surface area contributed by atoms with Crippen molar-refractivity contribution in [1.29, 1.82) is 0 Å². The van der Waals surface area contributed by atoms with E-state index < -0.39 is 15.8 Å². The van der Waals surface area contributed by atoms with Crippen LogP contribution in [0.25, 0.3) is 0 Å². The van der Waals surface area contributed by atoms with E-state index in [1.807, 2.05) is 0 Å². The van der Waals surface area contributed by atoms with Crippen molar-refractivity contribution in [1.82, 2.24) is 0 Å². The Labute approximate surface area is 101 Å². The second-order valence-corrected chi connectivity index (χ2v) is 3.57. The quantitative estimate of drug-likeness (QED) is 0.610. The fraction of sp³-hybridized carbons (Fsp3) is 0.300. The average molecular weight is 254 g/mol. The van der Waals surface area contributed by atoms with Crippen LogP contribution in [0.15, 0.2) is 18.2 Å². The van der Waals surface area contributed by atoms with Crippen LogP contribution >= 0.6 is 0 Å². The number of nitro benzene ring substituents is 2. The Balaban J connectivity index is 2.93. The minimum Gasteiger partial charge on any atom is -0.481 e. The highest BCUT2D eigenvalue weighted by atomic mass is 16.6. The Morgan fingerprint density at radius 3 is 2.39 bits per heavy atom. The molecule has 0 aliphatic heterocycles. The summed E-state index contributed by atoms with van der Waals surface area (Å²) < 4.78 is 0. The van der Waals surface area contributed by atoms with Gasteiger partial charge >= 0.3 is 5.97 Å². The molecule has 0 unspecified atom stereocenters. The van der Waals surface area contributed by atoms with Crippen LogP contribution in [0.1, 0.15) is 18.4 Å². The van der Waals surface area contributed by atoms with E-state index in [0.29, 0.717) is 5.56 Å². The molecule has 0 spiro atoms. The van der Waals surface area contributed by atoms with E-state index in [1.54, 1.807) is 0 Å². The summed E-state index contributed by atoms with van der Waals surface area (Å²) in [5.41, 5.74) is -0.412. The van der Waals surface area contributed by atoms with Crippen molar-refractivity contribution in [2.45, 2.75) is 19.3 Å². The third-order valence-electron chi connectivity index (χ3n) is 2.31. The van der Waals surface area contributed by atoms with Gasteiger partial charge < -0.3 is 5.11 Å². The molecule has 0 atom stereocenters. The van der Waals surface area contributed by atoms with Crippen molar-refractivity contribution in [3.8, 4) is 0 Å². The summed E-state index contributed by atoms with van der Waals surface area (Å²) in [7, 11) is 0. The van der Waals surface area contributed by atoms with Gasteiger partial charge in [0.15, 0.2) is 0 Å². The minimum atomic E-state index is -0.987. The molecular weight excluding hydrogens is 244 g/mol. The molecule has 1 N–H and O–H groups in total. The highest BCUT2D eigenvalue weighted by Gasteiger charge is 2.18. The van der Waals surface area contributed by atoms with Gasteiger partial charge in [-0.3, -0.25) is 25.0 Å². The highest BCUT2D eigenvalue weighted by molar-refractivity contribution is 5.66. The largest absolute Gasteiger partial charge is 0.481 e. The van der Waals surface area contributed by atoms with Crippen molar-refractivity contribution >= 4 is 17.3 Å². The average Bonchev–Trinajstić information content (AvgIpc) is 2.28. The smallest absolute Gasteiger partial charge is 0.303 e. The Morgan fingerprint density at radius 2 is 1.89 bits per heavy atom. The number of carboxylic acids is 1. The molecule has 0 heterocycles. The second-order valence-electron chi connectivity index (χ2n) is 3.57. The summed E-state index contributed by atoms with van der Waals surface area (Å²) in [4.78, 5) is 30.2. The normalized spacial score (nSPS) is 10.0. The predicted molar refractivity (Wildman–Crippen MR) is 60.3 cm³/mol. The van der Waals surface area contributed by atoms with Crippen molar-refractivity contribution in [2.24, 2.45) is 0 Å². The van der Waals surface area contributed by atoms with Gasteiger partial charge in [0.05, 0.1) is 15.9 Å². The van der Waals surface area contributed by atoms with E-state index in [0.717, 1.165) is 6.07 Å². The number of hydrogen-bond donors (Lipinski definition) is 1. The first-order valence-corrected chi connectivity index (χ1v) is 5.05. The van der Waals surface area contributed by atoms with Gasteiger partial charge in [-0.15, -0.1) is 0 Å². The molecular formula is C10H10N2O6. The van der Waals surface area contributed by atoms with E-state index in [2.05, 4.69) is 0 Å². The van der Waals surface area contributed by atoms with Crippen molar-refractivity contribution in [3.05, 3.63) is 44.0 Å². The molecule has 1 aromatic rings. The maximum absolute atomic E-state index is 10.8. The monoisotopic (exact) mass is 254 g/mol. The van der Waals surface area contributed by atoms with E-state index >= 15 is 0 Å². The van der Waals surface area contributed by atoms with Crippen LogP contribution in [-0.2, 0) is 11.2 Å². The van der Waals surface area contributed by atoms with Gasteiger partial charge in [0.2, 0.25) is 0 Å². The fourth-order valence-corrected chi connectivity index (χ4v) is 1.48. The second kappa shape index (κ2) is 5.71. The third-order valence-corrected chi connectivity index (χ3v) is 2.31. The van der Waals surface area contributed by atoms with Gasteiger partial charge in [-0.05, 0) is 18.9 Å². The van der Waals surface area contributed by atoms with Crippen LogP contribution < -0.4 is 0 Å². The topological polar surface area (TPSA) is 124 Å². The van der Waals surface area contributed by atoms with Crippen molar-refractivity contribution < 1.29 is 19.7 Å². The highest BCUT2D eigenvalue weighted by Crippen LogP contribution is 2.25. The van der Waals surface area contributed by atoms with Crippen LogP contribution in [-0.4, -0.2) is 20.9 Å². The Kier molecular flexibility index (Phi) is 4.30. The zero-order chi connectivity index (χ0) is 13.7. The number of nitrogens with zero attached hydrogens (tertiary/aromatic N) is 2. The number of non-ortho nitro benzene ring substituents is 1. The zero-order valence-electron chi connectivity index (χ0n) is 9.24. The lowest BCUT2D eigenvalue weighted by Gasteiger charge is -2.01. The molecule has 0 saturated carbocycles. The van der Waals surface area contributed by atoms with Crippen LogP contribution in [0.2, 0.25) is 0 Å². The number of benzene rings is 1. The molecule has 18 heavy (non-hydrogen) atoms. The molecule has 96 valence electrons. The third kappa shape index (κ3) is 3.51. The van der Waals surface area contributed by atoms with Crippen LogP contribution in [0.3, 0.4) is 0 Å². The van der Waals surface area contributed by atoms with E-state index in [4.69, 9.17) is 5.11 Å². The van der Waals surface area contributed by atoms with Gasteiger partial charge in [0.1, 0.15) is 0 Å². The van der Waals surface area contributed by atoms with Crippen LogP contribution in [0, 0.1) is 20.2 Å². The molecule has 0 aromatic heterocycles. The van der Waals surface area contributed by atoms with Gasteiger partial charge in [-0.2, -0.15) is 0 Å². The number of hydrogen-bond acceptors (Lipinski definition) is 5. The van der Waals surface area contributed by atoms with Gasteiger partial charge in [0.25, 0.3) is 11.4 Å². The first kappa shape index (κ1) is 13.6. The minimum absolute atomic E-state index is 0.103. The summed E-state index contributed by atoms with van der Waals surface area (Å²) in [6.45, 7) is 0. The number of carbonyl (C=O) groups is 1. The van der Waals surface area contributed by atoms with Crippen LogP contribution in [0.4, 0.5) is 11.4 Å². The maximum Gasteiger partial charge on any atom is 0.303 e. The van der Waals surface area contributed by atoms with Gasteiger partial charge in [-0.25, -0.2) is 0 Å². The molecule has 1 rings (SSSR count). The maximum atomic E-state index is 10.8. The summed E-state index contributed by atoms with van der Waals surface area (Å²) in [6.07, 6.45) is 0.336. The lowest BCUT2D eigenvalue weighted by atomic mass is 10.1. The molecule has 0 aliphatic carbocycles. The fourth-order valence-electron chi connectivity index (χ4n) is 1.48. The van der Waals surface area contributed by atoms with Crippen molar-refractivity contribution in [3.63, 3.8) is 0 Å². The van der Waals surface area contributed by atoms with Gasteiger partial charge in [-0.1, -0.05) is 0 Å². The summed E-state index contributed by atoms with van der Waals surface area (Å²) in [5, 5.41) is 29.7. The summed E-state index contributed by atoms with van der Waals surface area (Å²) >= 11 is 0. The SMILES string of the molecule is O=C(O)CCCc1ccc([N+](=O)[O-])cc1[N+](=O)[O-]. The Hall–Kier alpha value is -2.51. The molecule has 1 aromatic carbocycles. The molecule has 0 bridgehead atoms. The molecule has 0 amide bonds.